The Morgan fingerprint density at radius 1 is 1.16 bits per heavy atom. The molecule has 138 valence electrons. The molecule has 1 aromatic rings. The number of hydrogen-bond donors (Lipinski definition) is 1. The molecular weight excluding hydrogens is 359 g/mol. The maximum Gasteiger partial charge on any atom is 0.257 e. The summed E-state index contributed by atoms with van der Waals surface area (Å²) in [5, 5.41) is 3.95. The van der Waals surface area contributed by atoms with E-state index in [1.54, 1.807) is 18.2 Å². The van der Waals surface area contributed by atoms with Crippen LogP contribution in [0.3, 0.4) is 0 Å². The molecule has 1 N–H and O–H groups in total. The molecule has 1 amide bonds. The maximum atomic E-state index is 12.0. The van der Waals surface area contributed by atoms with Crippen LogP contribution < -0.4 is 10.1 Å². The molecule has 2 fully saturated rings. The van der Waals surface area contributed by atoms with Crippen LogP contribution in [0.15, 0.2) is 18.2 Å². The van der Waals surface area contributed by atoms with Crippen LogP contribution in [0.2, 0.25) is 10.0 Å². The van der Waals surface area contributed by atoms with Gasteiger partial charge in [-0.1, -0.05) is 36.0 Å². The van der Waals surface area contributed by atoms with Gasteiger partial charge in [-0.3, -0.25) is 4.79 Å². The van der Waals surface area contributed by atoms with E-state index in [9.17, 15) is 4.79 Å². The van der Waals surface area contributed by atoms with Crippen molar-refractivity contribution >= 4 is 29.1 Å². The van der Waals surface area contributed by atoms with E-state index in [0.717, 1.165) is 12.6 Å². The van der Waals surface area contributed by atoms with Gasteiger partial charge in [0.2, 0.25) is 0 Å². The van der Waals surface area contributed by atoms with E-state index in [1.165, 1.54) is 51.6 Å². The first kappa shape index (κ1) is 18.8. The van der Waals surface area contributed by atoms with Crippen LogP contribution in [0.5, 0.6) is 5.75 Å². The Hall–Kier alpha value is -0.970. The Morgan fingerprint density at radius 3 is 2.56 bits per heavy atom. The zero-order valence-corrected chi connectivity index (χ0v) is 16.0. The SMILES string of the molecule is O=C(COc1ccc(Cl)cc1Cl)NCC1CCN(C2CCCC2)CC1. The number of nitrogens with one attached hydrogen (secondary N) is 1. The molecule has 0 unspecified atom stereocenters. The number of rotatable bonds is 6. The molecule has 0 bridgehead atoms. The molecule has 1 aliphatic carbocycles. The first-order chi connectivity index (χ1) is 12.1. The summed E-state index contributed by atoms with van der Waals surface area (Å²) in [6, 6.07) is 5.79. The van der Waals surface area contributed by atoms with Crippen LogP contribution in [-0.4, -0.2) is 43.1 Å². The first-order valence-electron chi connectivity index (χ1n) is 9.20. The van der Waals surface area contributed by atoms with E-state index in [-0.39, 0.29) is 12.5 Å². The summed E-state index contributed by atoms with van der Waals surface area (Å²) in [4.78, 5) is 14.6. The molecule has 25 heavy (non-hydrogen) atoms. The van der Waals surface area contributed by atoms with Gasteiger partial charge in [0.1, 0.15) is 5.75 Å². The Kier molecular flexibility index (Phi) is 6.85. The van der Waals surface area contributed by atoms with Gasteiger partial charge in [-0.15, -0.1) is 0 Å². The number of carbonyl (C=O) groups is 1. The fraction of sp³-hybridized carbons (Fsp3) is 0.632. The van der Waals surface area contributed by atoms with Crippen molar-refractivity contribution in [3.8, 4) is 5.75 Å². The highest BCUT2D eigenvalue weighted by Gasteiger charge is 2.27. The highest BCUT2D eigenvalue weighted by molar-refractivity contribution is 6.35. The van der Waals surface area contributed by atoms with Gasteiger partial charge in [-0.2, -0.15) is 0 Å². The molecule has 1 heterocycles. The monoisotopic (exact) mass is 384 g/mol. The summed E-state index contributed by atoms with van der Waals surface area (Å²) in [6.45, 7) is 3.04. The lowest BCUT2D eigenvalue weighted by Crippen LogP contribution is -2.43. The molecule has 0 spiro atoms. The van der Waals surface area contributed by atoms with Crippen LogP contribution in [0, 0.1) is 5.92 Å². The molecule has 0 radical (unpaired) electrons. The van der Waals surface area contributed by atoms with Gasteiger partial charge in [0.15, 0.2) is 6.61 Å². The predicted molar refractivity (Wildman–Crippen MR) is 102 cm³/mol. The third-order valence-electron chi connectivity index (χ3n) is 5.33. The van der Waals surface area contributed by atoms with E-state index in [1.807, 2.05) is 0 Å². The number of likely N-dealkylation sites (tertiary alicyclic amines) is 1. The molecule has 0 aromatic heterocycles. The summed E-state index contributed by atoms with van der Waals surface area (Å²) >= 11 is 11.9. The highest BCUT2D eigenvalue weighted by atomic mass is 35.5. The fourth-order valence-corrected chi connectivity index (χ4v) is 4.30. The van der Waals surface area contributed by atoms with Gasteiger partial charge in [0, 0.05) is 17.6 Å². The molecule has 0 atom stereocenters. The smallest absolute Gasteiger partial charge is 0.257 e. The Labute approximate surface area is 159 Å². The summed E-state index contributed by atoms with van der Waals surface area (Å²) in [6.07, 6.45) is 7.84. The average Bonchev–Trinajstić information content (AvgIpc) is 3.14. The fourth-order valence-electron chi connectivity index (χ4n) is 3.84. The quantitative estimate of drug-likeness (QED) is 0.800. The number of amides is 1. The van der Waals surface area contributed by atoms with Crippen molar-refractivity contribution in [1.82, 2.24) is 10.2 Å². The molecule has 2 aliphatic rings. The molecule has 3 rings (SSSR count). The lowest BCUT2D eigenvalue weighted by Gasteiger charge is -2.36. The number of nitrogens with zero attached hydrogens (tertiary/aromatic N) is 1. The van der Waals surface area contributed by atoms with Crippen LogP contribution in [0.4, 0.5) is 0 Å². The number of carbonyl (C=O) groups excluding carboxylic acids is 1. The normalized spacial score (nSPS) is 19.9. The Morgan fingerprint density at radius 2 is 1.88 bits per heavy atom. The number of benzene rings is 1. The summed E-state index contributed by atoms with van der Waals surface area (Å²) in [5.41, 5.74) is 0. The van der Waals surface area contributed by atoms with Gasteiger partial charge >= 0.3 is 0 Å². The third kappa shape index (κ3) is 5.50. The van der Waals surface area contributed by atoms with Crippen molar-refractivity contribution in [3.63, 3.8) is 0 Å². The zero-order chi connectivity index (χ0) is 17.6. The molecule has 1 aliphatic heterocycles. The summed E-state index contributed by atoms with van der Waals surface area (Å²) in [5.74, 6) is 0.941. The Balaban J connectivity index is 1.34. The number of ether oxygens (including phenoxy) is 1. The summed E-state index contributed by atoms with van der Waals surface area (Å²) < 4.78 is 5.47. The number of halogens is 2. The van der Waals surface area contributed by atoms with Crippen LogP contribution in [0.1, 0.15) is 38.5 Å². The Bertz CT molecular complexity index is 583. The first-order valence-corrected chi connectivity index (χ1v) is 9.96. The van der Waals surface area contributed by atoms with E-state index >= 15 is 0 Å². The van der Waals surface area contributed by atoms with Crippen molar-refractivity contribution < 1.29 is 9.53 Å². The maximum absolute atomic E-state index is 12.0. The molecule has 1 saturated carbocycles. The van der Waals surface area contributed by atoms with Crippen molar-refractivity contribution in [1.29, 1.82) is 0 Å². The minimum Gasteiger partial charge on any atom is -0.482 e. The lowest BCUT2D eigenvalue weighted by molar-refractivity contribution is -0.123. The second-order valence-corrected chi connectivity index (χ2v) is 7.93. The van der Waals surface area contributed by atoms with Gasteiger partial charge < -0.3 is 15.0 Å². The average molecular weight is 385 g/mol. The number of hydrogen-bond acceptors (Lipinski definition) is 3. The summed E-state index contributed by atoms with van der Waals surface area (Å²) in [7, 11) is 0. The molecule has 4 nitrogen and oxygen atoms in total. The van der Waals surface area contributed by atoms with Gasteiger partial charge in [-0.25, -0.2) is 0 Å². The minimum absolute atomic E-state index is 0.0255. The van der Waals surface area contributed by atoms with Gasteiger partial charge in [0.05, 0.1) is 5.02 Å². The second kappa shape index (κ2) is 9.11. The highest BCUT2D eigenvalue weighted by Crippen LogP contribution is 2.28. The van der Waals surface area contributed by atoms with Crippen molar-refractivity contribution in [2.45, 2.75) is 44.6 Å². The second-order valence-electron chi connectivity index (χ2n) is 7.09. The van der Waals surface area contributed by atoms with Gasteiger partial charge in [-0.05, 0) is 62.9 Å². The topological polar surface area (TPSA) is 41.6 Å². The zero-order valence-electron chi connectivity index (χ0n) is 14.5. The van der Waals surface area contributed by atoms with E-state index < -0.39 is 0 Å². The number of piperidine rings is 1. The van der Waals surface area contributed by atoms with Crippen molar-refractivity contribution in [3.05, 3.63) is 28.2 Å². The van der Waals surface area contributed by atoms with Crippen LogP contribution >= 0.6 is 23.2 Å². The molecule has 1 saturated heterocycles. The largest absolute Gasteiger partial charge is 0.482 e. The lowest BCUT2D eigenvalue weighted by atomic mass is 9.95. The van der Waals surface area contributed by atoms with Crippen LogP contribution in [-0.2, 0) is 4.79 Å². The van der Waals surface area contributed by atoms with E-state index in [0.29, 0.717) is 21.7 Å². The molecule has 1 aromatic carbocycles. The molecule has 6 heteroatoms. The van der Waals surface area contributed by atoms with Crippen molar-refractivity contribution in [2.24, 2.45) is 5.92 Å². The van der Waals surface area contributed by atoms with Gasteiger partial charge in [0.25, 0.3) is 5.91 Å². The van der Waals surface area contributed by atoms with E-state index in [4.69, 9.17) is 27.9 Å². The van der Waals surface area contributed by atoms with E-state index in [2.05, 4.69) is 10.2 Å². The standard InChI is InChI=1S/C19H26Cl2N2O2/c20-15-5-6-18(17(21)11-15)25-13-19(24)22-12-14-7-9-23(10-8-14)16-3-1-2-4-16/h5-6,11,14,16H,1-4,7-10,12-13H2,(H,22,24). The predicted octanol–water partition coefficient (Wildman–Crippen LogP) is 4.14. The minimum atomic E-state index is -0.107. The third-order valence-corrected chi connectivity index (χ3v) is 5.86. The van der Waals surface area contributed by atoms with Crippen LogP contribution in [0.25, 0.3) is 0 Å². The van der Waals surface area contributed by atoms with Crippen molar-refractivity contribution in [2.75, 3.05) is 26.2 Å². The molecular formula is C19H26Cl2N2O2.